The standard InChI is InChI=1S/C13H21ClN2/c1-11(8-9-15-2)16(3)10-12-6-4-5-7-13(12)14/h4-7,11,15H,8-10H2,1-3H3. The molecule has 0 amide bonds. The summed E-state index contributed by atoms with van der Waals surface area (Å²) in [6.07, 6.45) is 1.15. The third-order valence-corrected chi connectivity index (χ3v) is 3.31. The Bertz CT molecular complexity index is 315. The van der Waals surface area contributed by atoms with Crippen molar-refractivity contribution in [3.05, 3.63) is 34.9 Å². The van der Waals surface area contributed by atoms with Gasteiger partial charge in [-0.25, -0.2) is 0 Å². The van der Waals surface area contributed by atoms with E-state index in [1.165, 1.54) is 5.56 Å². The van der Waals surface area contributed by atoms with Gasteiger partial charge < -0.3 is 5.32 Å². The van der Waals surface area contributed by atoms with Crippen LogP contribution in [0.5, 0.6) is 0 Å². The SMILES string of the molecule is CNCCC(C)N(C)Cc1ccccc1Cl. The summed E-state index contributed by atoms with van der Waals surface area (Å²) in [4.78, 5) is 2.33. The van der Waals surface area contributed by atoms with Crippen molar-refractivity contribution in [2.75, 3.05) is 20.6 Å². The van der Waals surface area contributed by atoms with Crippen LogP contribution in [0, 0.1) is 0 Å². The zero-order chi connectivity index (χ0) is 12.0. The largest absolute Gasteiger partial charge is 0.320 e. The van der Waals surface area contributed by atoms with Gasteiger partial charge in [-0.15, -0.1) is 0 Å². The van der Waals surface area contributed by atoms with Gasteiger partial charge in [-0.3, -0.25) is 4.90 Å². The van der Waals surface area contributed by atoms with Gasteiger partial charge in [0.25, 0.3) is 0 Å². The van der Waals surface area contributed by atoms with E-state index in [0.29, 0.717) is 6.04 Å². The highest BCUT2D eigenvalue weighted by atomic mass is 35.5. The summed E-state index contributed by atoms with van der Waals surface area (Å²) in [5, 5.41) is 4.03. The number of benzene rings is 1. The fraction of sp³-hybridized carbons (Fsp3) is 0.538. The number of nitrogens with zero attached hydrogens (tertiary/aromatic N) is 1. The third-order valence-electron chi connectivity index (χ3n) is 2.94. The molecule has 1 aromatic rings. The molecule has 3 heteroatoms. The van der Waals surface area contributed by atoms with E-state index in [2.05, 4.69) is 30.3 Å². The minimum atomic E-state index is 0.559. The number of hydrogen-bond acceptors (Lipinski definition) is 2. The predicted octanol–water partition coefficient (Wildman–Crippen LogP) is 2.77. The van der Waals surface area contributed by atoms with E-state index in [0.717, 1.165) is 24.5 Å². The first-order valence-electron chi connectivity index (χ1n) is 5.73. The van der Waals surface area contributed by atoms with Crippen molar-refractivity contribution in [3.63, 3.8) is 0 Å². The molecule has 0 heterocycles. The molecule has 90 valence electrons. The molecule has 0 aliphatic rings. The van der Waals surface area contributed by atoms with E-state index in [4.69, 9.17) is 11.6 Å². The third kappa shape index (κ3) is 4.12. The van der Waals surface area contributed by atoms with Crippen LogP contribution in [0.15, 0.2) is 24.3 Å². The molecule has 16 heavy (non-hydrogen) atoms. The Hall–Kier alpha value is -0.570. The molecule has 1 atom stereocenters. The molecule has 0 saturated heterocycles. The zero-order valence-corrected chi connectivity index (χ0v) is 11.1. The molecule has 0 aromatic heterocycles. The maximum Gasteiger partial charge on any atom is 0.0451 e. The van der Waals surface area contributed by atoms with Crippen molar-refractivity contribution < 1.29 is 0 Å². The molecular formula is C13H21ClN2. The fourth-order valence-corrected chi connectivity index (χ4v) is 1.82. The van der Waals surface area contributed by atoms with E-state index < -0.39 is 0 Å². The van der Waals surface area contributed by atoms with Crippen LogP contribution < -0.4 is 5.32 Å². The van der Waals surface area contributed by atoms with Crippen LogP contribution >= 0.6 is 11.6 Å². The van der Waals surface area contributed by atoms with Gasteiger partial charge in [-0.05, 0) is 45.6 Å². The summed E-state index contributed by atoms with van der Waals surface area (Å²) in [6, 6.07) is 8.60. The number of halogens is 1. The van der Waals surface area contributed by atoms with Crippen molar-refractivity contribution >= 4 is 11.6 Å². The molecule has 2 nitrogen and oxygen atoms in total. The molecular weight excluding hydrogens is 220 g/mol. The minimum Gasteiger partial charge on any atom is -0.320 e. The van der Waals surface area contributed by atoms with E-state index >= 15 is 0 Å². The van der Waals surface area contributed by atoms with E-state index in [1.807, 2.05) is 25.2 Å². The summed E-state index contributed by atoms with van der Waals surface area (Å²) in [6.45, 7) is 4.20. The Morgan fingerprint density at radius 1 is 1.38 bits per heavy atom. The summed E-state index contributed by atoms with van der Waals surface area (Å²) in [5.41, 5.74) is 1.20. The zero-order valence-electron chi connectivity index (χ0n) is 10.3. The molecule has 1 unspecified atom stereocenters. The van der Waals surface area contributed by atoms with Crippen LogP contribution in [0.25, 0.3) is 0 Å². The average Bonchev–Trinajstić information content (AvgIpc) is 2.28. The summed E-state index contributed by atoms with van der Waals surface area (Å²) < 4.78 is 0. The smallest absolute Gasteiger partial charge is 0.0451 e. The van der Waals surface area contributed by atoms with Gasteiger partial charge in [0.1, 0.15) is 0 Å². The highest BCUT2D eigenvalue weighted by molar-refractivity contribution is 6.31. The first-order chi connectivity index (χ1) is 7.65. The number of hydrogen-bond donors (Lipinski definition) is 1. The Balaban J connectivity index is 2.50. The molecule has 0 aliphatic carbocycles. The maximum atomic E-state index is 6.14. The van der Waals surface area contributed by atoms with Gasteiger partial charge in [0.2, 0.25) is 0 Å². The molecule has 1 N–H and O–H groups in total. The first kappa shape index (κ1) is 13.5. The van der Waals surface area contributed by atoms with Crippen molar-refractivity contribution in [3.8, 4) is 0 Å². The average molecular weight is 241 g/mol. The molecule has 1 rings (SSSR count). The number of rotatable bonds is 6. The second kappa shape index (κ2) is 6.89. The first-order valence-corrected chi connectivity index (χ1v) is 6.11. The lowest BCUT2D eigenvalue weighted by Gasteiger charge is -2.25. The van der Waals surface area contributed by atoms with Crippen LogP contribution in [0.4, 0.5) is 0 Å². The van der Waals surface area contributed by atoms with Crippen molar-refractivity contribution in [2.24, 2.45) is 0 Å². The van der Waals surface area contributed by atoms with Crippen LogP contribution in [-0.2, 0) is 6.54 Å². The summed E-state index contributed by atoms with van der Waals surface area (Å²) >= 11 is 6.14. The van der Waals surface area contributed by atoms with Crippen LogP contribution in [0.3, 0.4) is 0 Å². The summed E-state index contributed by atoms with van der Waals surface area (Å²) in [5.74, 6) is 0. The highest BCUT2D eigenvalue weighted by Gasteiger charge is 2.10. The molecule has 0 bridgehead atoms. The maximum absolute atomic E-state index is 6.14. The monoisotopic (exact) mass is 240 g/mol. The van der Waals surface area contributed by atoms with Crippen LogP contribution in [0.1, 0.15) is 18.9 Å². The highest BCUT2D eigenvalue weighted by Crippen LogP contribution is 2.17. The lowest BCUT2D eigenvalue weighted by atomic mass is 10.1. The molecule has 0 radical (unpaired) electrons. The fourth-order valence-electron chi connectivity index (χ4n) is 1.62. The number of nitrogens with one attached hydrogen (secondary N) is 1. The molecule has 0 fully saturated rings. The van der Waals surface area contributed by atoms with Crippen molar-refractivity contribution in [2.45, 2.75) is 25.9 Å². The Morgan fingerprint density at radius 3 is 2.69 bits per heavy atom. The van der Waals surface area contributed by atoms with Gasteiger partial charge in [-0.1, -0.05) is 29.8 Å². The summed E-state index contributed by atoms with van der Waals surface area (Å²) in [7, 11) is 4.13. The minimum absolute atomic E-state index is 0.559. The van der Waals surface area contributed by atoms with Crippen molar-refractivity contribution in [1.82, 2.24) is 10.2 Å². The molecule has 0 aliphatic heterocycles. The van der Waals surface area contributed by atoms with Crippen molar-refractivity contribution in [1.29, 1.82) is 0 Å². The lowest BCUT2D eigenvalue weighted by molar-refractivity contribution is 0.238. The van der Waals surface area contributed by atoms with Crippen LogP contribution in [-0.4, -0.2) is 31.6 Å². The Morgan fingerprint density at radius 2 is 2.06 bits per heavy atom. The van der Waals surface area contributed by atoms with Crippen LogP contribution in [0.2, 0.25) is 5.02 Å². The molecule has 1 aromatic carbocycles. The van der Waals surface area contributed by atoms with Gasteiger partial charge in [0.15, 0.2) is 0 Å². The normalized spacial score (nSPS) is 13.1. The Kier molecular flexibility index (Phi) is 5.81. The second-order valence-electron chi connectivity index (χ2n) is 4.25. The predicted molar refractivity (Wildman–Crippen MR) is 70.9 cm³/mol. The molecule has 0 spiro atoms. The van der Waals surface area contributed by atoms with Gasteiger partial charge >= 0.3 is 0 Å². The Labute approximate surface area is 104 Å². The van der Waals surface area contributed by atoms with Gasteiger partial charge in [-0.2, -0.15) is 0 Å². The topological polar surface area (TPSA) is 15.3 Å². The molecule has 0 saturated carbocycles. The second-order valence-corrected chi connectivity index (χ2v) is 4.65. The van der Waals surface area contributed by atoms with E-state index in [9.17, 15) is 0 Å². The quantitative estimate of drug-likeness (QED) is 0.823. The van der Waals surface area contributed by atoms with E-state index in [-0.39, 0.29) is 0 Å². The van der Waals surface area contributed by atoms with Gasteiger partial charge in [0, 0.05) is 17.6 Å². The van der Waals surface area contributed by atoms with Gasteiger partial charge in [0.05, 0.1) is 0 Å². The lowest BCUT2D eigenvalue weighted by Crippen LogP contribution is -2.31. The van der Waals surface area contributed by atoms with E-state index in [1.54, 1.807) is 0 Å².